The number of fused-ring (bicyclic) bond motifs is 1. The predicted molar refractivity (Wildman–Crippen MR) is 77.5 cm³/mol. The fourth-order valence-electron chi connectivity index (χ4n) is 2.03. The van der Waals surface area contributed by atoms with Crippen LogP contribution in [0.3, 0.4) is 0 Å². The van der Waals surface area contributed by atoms with Crippen LogP contribution in [0.25, 0.3) is 11.0 Å². The molecule has 1 heterocycles. The molecule has 7 heteroatoms. The molecule has 0 radical (unpaired) electrons. The monoisotopic (exact) mass is 309 g/mol. The van der Waals surface area contributed by atoms with E-state index < -0.39 is 17.9 Å². The minimum atomic E-state index is -0.789. The van der Waals surface area contributed by atoms with Crippen molar-refractivity contribution in [2.75, 3.05) is 18.5 Å². The van der Waals surface area contributed by atoms with Crippen molar-refractivity contribution in [3.05, 3.63) is 29.3 Å². The van der Waals surface area contributed by atoms with Crippen molar-refractivity contribution in [2.24, 2.45) is 0 Å². The van der Waals surface area contributed by atoms with Gasteiger partial charge in [-0.25, -0.2) is 14.0 Å². The first-order chi connectivity index (χ1) is 10.5. The zero-order valence-electron chi connectivity index (χ0n) is 12.5. The molecule has 0 fully saturated rings. The average molecular weight is 309 g/mol. The maximum Gasteiger partial charge on any atom is 0.411 e. The minimum absolute atomic E-state index is 0.0366. The van der Waals surface area contributed by atoms with Gasteiger partial charge in [0, 0.05) is 5.39 Å². The zero-order valence-corrected chi connectivity index (χ0v) is 12.5. The summed E-state index contributed by atoms with van der Waals surface area (Å²) in [4.78, 5) is 23.6. The number of nitrogens with one attached hydrogen (secondary N) is 1. The summed E-state index contributed by atoms with van der Waals surface area (Å²) >= 11 is 0. The highest BCUT2D eigenvalue weighted by molar-refractivity contribution is 6.08. The second-order valence-electron chi connectivity index (χ2n) is 4.50. The number of hydrogen-bond donors (Lipinski definition) is 1. The molecule has 1 aromatic carbocycles. The third kappa shape index (κ3) is 3.03. The first-order valence-electron chi connectivity index (χ1n) is 6.81. The first-order valence-corrected chi connectivity index (χ1v) is 6.81. The molecule has 0 aliphatic rings. The van der Waals surface area contributed by atoms with Gasteiger partial charge in [-0.1, -0.05) is 0 Å². The highest BCUT2D eigenvalue weighted by atomic mass is 19.1. The van der Waals surface area contributed by atoms with Crippen LogP contribution in [0, 0.1) is 12.7 Å². The maximum absolute atomic E-state index is 14.0. The second kappa shape index (κ2) is 6.46. The van der Waals surface area contributed by atoms with Crippen molar-refractivity contribution >= 4 is 28.7 Å². The van der Waals surface area contributed by atoms with Gasteiger partial charge < -0.3 is 13.9 Å². The Kier molecular flexibility index (Phi) is 4.65. The van der Waals surface area contributed by atoms with Crippen molar-refractivity contribution in [3.8, 4) is 0 Å². The third-order valence-electron chi connectivity index (χ3n) is 2.85. The Morgan fingerprint density at radius 3 is 2.55 bits per heavy atom. The van der Waals surface area contributed by atoms with Gasteiger partial charge in [-0.15, -0.1) is 0 Å². The van der Waals surface area contributed by atoms with Crippen molar-refractivity contribution < 1.29 is 27.9 Å². The van der Waals surface area contributed by atoms with Gasteiger partial charge in [-0.05, 0) is 38.5 Å². The quantitative estimate of drug-likeness (QED) is 0.873. The summed E-state index contributed by atoms with van der Waals surface area (Å²) in [5.74, 6) is -1.69. The van der Waals surface area contributed by atoms with Crippen LogP contribution in [0.2, 0.25) is 0 Å². The molecule has 1 aromatic heterocycles. The van der Waals surface area contributed by atoms with E-state index in [1.807, 2.05) is 0 Å². The summed E-state index contributed by atoms with van der Waals surface area (Å²) in [6.45, 7) is 5.24. The number of carbonyl (C=O) groups excluding carboxylic acids is 2. The minimum Gasteiger partial charge on any atom is -0.460 e. The Hall–Kier alpha value is -2.57. The predicted octanol–water partition coefficient (Wildman–Crippen LogP) is 3.63. The molecule has 118 valence electrons. The lowest BCUT2D eigenvalue weighted by molar-refractivity contribution is 0.0494. The van der Waals surface area contributed by atoms with Crippen molar-refractivity contribution in [1.82, 2.24) is 0 Å². The number of amides is 1. The number of aryl methyl sites for hydroxylation is 1. The van der Waals surface area contributed by atoms with Crippen LogP contribution in [-0.4, -0.2) is 25.3 Å². The highest BCUT2D eigenvalue weighted by Crippen LogP contribution is 2.34. The van der Waals surface area contributed by atoms with Crippen LogP contribution in [0.15, 0.2) is 16.5 Å². The lowest BCUT2D eigenvalue weighted by Crippen LogP contribution is -2.15. The van der Waals surface area contributed by atoms with Crippen LogP contribution in [0.5, 0.6) is 0 Å². The summed E-state index contributed by atoms with van der Waals surface area (Å²) in [6, 6.07) is 2.88. The lowest BCUT2D eigenvalue weighted by Gasteiger charge is -2.06. The summed E-state index contributed by atoms with van der Waals surface area (Å²) in [5.41, 5.74) is 0.531. The largest absolute Gasteiger partial charge is 0.460 e. The van der Waals surface area contributed by atoms with Gasteiger partial charge in [0.15, 0.2) is 11.4 Å². The van der Waals surface area contributed by atoms with Gasteiger partial charge in [0.2, 0.25) is 5.76 Å². The normalized spacial score (nSPS) is 10.5. The summed E-state index contributed by atoms with van der Waals surface area (Å²) in [5, 5.41) is 2.68. The molecular weight excluding hydrogens is 293 g/mol. The van der Waals surface area contributed by atoms with Gasteiger partial charge in [0.25, 0.3) is 0 Å². The molecule has 0 saturated carbocycles. The number of benzene rings is 1. The van der Waals surface area contributed by atoms with Crippen molar-refractivity contribution in [1.29, 1.82) is 0 Å². The number of carbonyl (C=O) groups is 2. The Morgan fingerprint density at radius 1 is 1.23 bits per heavy atom. The highest BCUT2D eigenvalue weighted by Gasteiger charge is 2.25. The smallest absolute Gasteiger partial charge is 0.411 e. The van der Waals surface area contributed by atoms with E-state index in [0.29, 0.717) is 5.56 Å². The Labute approximate surface area is 126 Å². The molecule has 6 nitrogen and oxygen atoms in total. The molecular formula is C15H16FNO5. The van der Waals surface area contributed by atoms with Gasteiger partial charge in [-0.2, -0.15) is 0 Å². The lowest BCUT2D eigenvalue weighted by atomic mass is 10.1. The molecule has 0 spiro atoms. The summed E-state index contributed by atoms with van der Waals surface area (Å²) in [6.07, 6.45) is -0.766. The van der Waals surface area contributed by atoms with Crippen molar-refractivity contribution in [3.63, 3.8) is 0 Å². The van der Waals surface area contributed by atoms with E-state index in [9.17, 15) is 14.0 Å². The average Bonchev–Trinajstić information content (AvgIpc) is 2.78. The van der Waals surface area contributed by atoms with Crippen molar-refractivity contribution in [2.45, 2.75) is 20.8 Å². The second-order valence-corrected chi connectivity index (χ2v) is 4.50. The Balaban J connectivity index is 2.58. The Morgan fingerprint density at radius 2 is 1.91 bits per heavy atom. The molecule has 22 heavy (non-hydrogen) atoms. The molecule has 0 saturated heterocycles. The fraction of sp³-hybridized carbons (Fsp3) is 0.333. The number of anilines is 1. The molecule has 1 amide bonds. The van der Waals surface area contributed by atoms with E-state index in [-0.39, 0.29) is 35.6 Å². The molecule has 2 aromatic rings. The van der Waals surface area contributed by atoms with Gasteiger partial charge >= 0.3 is 12.1 Å². The number of esters is 1. The topological polar surface area (TPSA) is 77.8 Å². The SMILES string of the molecule is CCOC(=O)Nc1c(C(=O)OCC)oc2c(F)cc(C)cc12. The number of furan rings is 1. The standard InChI is InChI=1S/C15H16FNO5/c1-4-20-14(18)13-11(17-15(19)21-5-2)9-6-8(3)7-10(16)12(9)22-13/h6-7H,4-5H2,1-3H3,(H,17,19). The number of hydrogen-bond acceptors (Lipinski definition) is 5. The van der Waals surface area contributed by atoms with Crippen LogP contribution in [-0.2, 0) is 9.47 Å². The van der Waals surface area contributed by atoms with Gasteiger partial charge in [0.1, 0.15) is 5.69 Å². The van der Waals surface area contributed by atoms with Gasteiger partial charge in [0.05, 0.1) is 13.2 Å². The van der Waals surface area contributed by atoms with E-state index in [4.69, 9.17) is 13.9 Å². The molecule has 0 aliphatic heterocycles. The van der Waals surface area contributed by atoms with E-state index in [1.165, 1.54) is 6.07 Å². The molecule has 2 rings (SSSR count). The summed E-state index contributed by atoms with van der Waals surface area (Å²) < 4.78 is 28.9. The van der Waals surface area contributed by atoms with E-state index in [2.05, 4.69) is 5.32 Å². The first kappa shape index (κ1) is 15.8. The van der Waals surface area contributed by atoms with Gasteiger partial charge in [-0.3, -0.25) is 5.32 Å². The van der Waals surface area contributed by atoms with Crippen LogP contribution >= 0.6 is 0 Å². The Bertz CT molecular complexity index is 722. The van der Waals surface area contributed by atoms with Crippen LogP contribution < -0.4 is 5.32 Å². The number of ether oxygens (including phenoxy) is 2. The molecule has 1 N–H and O–H groups in total. The van der Waals surface area contributed by atoms with Crippen LogP contribution in [0.1, 0.15) is 30.0 Å². The van der Waals surface area contributed by atoms with E-state index in [0.717, 1.165) is 0 Å². The third-order valence-corrected chi connectivity index (χ3v) is 2.85. The summed E-state index contributed by atoms with van der Waals surface area (Å²) in [7, 11) is 0. The molecule has 0 unspecified atom stereocenters. The fourth-order valence-corrected chi connectivity index (χ4v) is 2.03. The number of rotatable bonds is 4. The molecule has 0 bridgehead atoms. The zero-order chi connectivity index (χ0) is 16.3. The maximum atomic E-state index is 14.0. The van der Waals surface area contributed by atoms with E-state index in [1.54, 1.807) is 26.8 Å². The number of halogens is 1. The molecule has 0 atom stereocenters. The van der Waals surface area contributed by atoms with E-state index >= 15 is 0 Å². The van der Waals surface area contributed by atoms with Crippen LogP contribution in [0.4, 0.5) is 14.9 Å². The molecule has 0 aliphatic carbocycles.